The number of hydrogen-bond donors (Lipinski definition) is 2. The van der Waals surface area contributed by atoms with Crippen molar-refractivity contribution < 1.29 is 28.9 Å². The molecule has 0 radical (unpaired) electrons. The molecule has 35 heavy (non-hydrogen) atoms. The van der Waals surface area contributed by atoms with Gasteiger partial charge in [-0.05, 0) is 19.4 Å². The van der Waals surface area contributed by atoms with Crippen LogP contribution in [0.1, 0.15) is 30.9 Å². The molecule has 0 aliphatic carbocycles. The van der Waals surface area contributed by atoms with E-state index in [1.165, 1.54) is 30.9 Å². The monoisotopic (exact) mass is 480 g/mol. The van der Waals surface area contributed by atoms with Crippen molar-refractivity contribution in [3.05, 3.63) is 98.4 Å². The van der Waals surface area contributed by atoms with Crippen LogP contribution in [0.3, 0.4) is 0 Å². The number of allylic oxidation sites excluding steroid dienone is 2. The second-order valence-electron chi connectivity index (χ2n) is 8.48. The number of likely N-dealkylation sites (N-methyl/N-ethyl adjacent to an activating group) is 1. The topological polar surface area (TPSA) is 112 Å². The van der Waals surface area contributed by atoms with Gasteiger partial charge in [0.1, 0.15) is 19.7 Å². The third-order valence-electron chi connectivity index (χ3n) is 5.91. The van der Waals surface area contributed by atoms with Crippen LogP contribution in [0.5, 0.6) is 0 Å². The van der Waals surface area contributed by atoms with Gasteiger partial charge < -0.3 is 19.7 Å². The molecule has 1 aliphatic rings. The lowest BCUT2D eigenvalue weighted by molar-refractivity contribution is -0.893. The van der Waals surface area contributed by atoms with Crippen LogP contribution in [0.4, 0.5) is 5.69 Å². The van der Waals surface area contributed by atoms with Crippen molar-refractivity contribution in [2.24, 2.45) is 0 Å². The summed E-state index contributed by atoms with van der Waals surface area (Å²) in [6.45, 7) is 4.95. The van der Waals surface area contributed by atoms with E-state index in [1.54, 1.807) is 19.9 Å². The minimum absolute atomic E-state index is 0.139. The van der Waals surface area contributed by atoms with Gasteiger partial charge in [0.05, 0.1) is 36.1 Å². The maximum Gasteiger partial charge on any atom is 0.336 e. The molecule has 3 rings (SSSR count). The quantitative estimate of drug-likeness (QED) is 0.322. The molecule has 0 saturated carbocycles. The summed E-state index contributed by atoms with van der Waals surface area (Å²) in [5, 5.41) is 14.4. The zero-order valence-electron chi connectivity index (χ0n) is 20.3. The summed E-state index contributed by atoms with van der Waals surface area (Å²) in [7, 11) is 3.27. The van der Waals surface area contributed by atoms with E-state index in [-0.39, 0.29) is 23.4 Å². The SMILES string of the molecule is COC(=O)C1=C(C)NC(C)=C(C(=O)OCC[NH+](C)Cc2ccccc2)C1c1cccc([N+](=O)[O-])c1. The highest BCUT2D eigenvalue weighted by Crippen LogP contribution is 2.40. The highest BCUT2D eigenvalue weighted by molar-refractivity contribution is 5.99. The molecule has 184 valence electrons. The normalized spacial score (nSPS) is 16.4. The highest BCUT2D eigenvalue weighted by Gasteiger charge is 2.38. The summed E-state index contributed by atoms with van der Waals surface area (Å²) < 4.78 is 10.6. The van der Waals surface area contributed by atoms with Crippen LogP contribution in [-0.2, 0) is 25.6 Å². The average Bonchev–Trinajstić information content (AvgIpc) is 2.83. The van der Waals surface area contributed by atoms with Crippen molar-refractivity contribution in [2.75, 3.05) is 27.3 Å². The smallest absolute Gasteiger partial charge is 0.336 e. The Balaban J connectivity index is 1.84. The van der Waals surface area contributed by atoms with E-state index in [9.17, 15) is 19.7 Å². The largest absolute Gasteiger partial charge is 0.466 e. The lowest BCUT2D eigenvalue weighted by Crippen LogP contribution is -3.08. The minimum atomic E-state index is -0.870. The Morgan fingerprint density at radius 1 is 1.03 bits per heavy atom. The first-order valence-electron chi connectivity index (χ1n) is 11.3. The van der Waals surface area contributed by atoms with Gasteiger partial charge in [0.2, 0.25) is 0 Å². The van der Waals surface area contributed by atoms with Crippen molar-refractivity contribution in [3.63, 3.8) is 0 Å². The third-order valence-corrected chi connectivity index (χ3v) is 5.91. The number of nitro groups is 1. The number of esters is 2. The van der Waals surface area contributed by atoms with E-state index in [1.807, 2.05) is 37.4 Å². The van der Waals surface area contributed by atoms with Gasteiger partial charge in [-0.25, -0.2) is 9.59 Å². The van der Waals surface area contributed by atoms with E-state index >= 15 is 0 Å². The number of non-ortho nitro benzene ring substituents is 1. The van der Waals surface area contributed by atoms with Crippen molar-refractivity contribution >= 4 is 17.6 Å². The number of methoxy groups -OCH3 is 1. The Morgan fingerprint density at radius 3 is 2.31 bits per heavy atom. The Hall–Kier alpha value is -3.98. The van der Waals surface area contributed by atoms with E-state index in [4.69, 9.17) is 9.47 Å². The van der Waals surface area contributed by atoms with Crippen LogP contribution in [0.15, 0.2) is 77.1 Å². The molecule has 2 aromatic carbocycles. The van der Waals surface area contributed by atoms with E-state index < -0.39 is 22.8 Å². The van der Waals surface area contributed by atoms with Gasteiger partial charge in [0.15, 0.2) is 0 Å². The molecule has 2 aromatic rings. The second-order valence-corrected chi connectivity index (χ2v) is 8.48. The Bertz CT molecular complexity index is 1170. The van der Waals surface area contributed by atoms with E-state index in [2.05, 4.69) is 5.32 Å². The van der Waals surface area contributed by atoms with Gasteiger partial charge in [-0.15, -0.1) is 0 Å². The predicted molar refractivity (Wildman–Crippen MR) is 129 cm³/mol. The lowest BCUT2D eigenvalue weighted by atomic mass is 9.80. The molecule has 1 heterocycles. The average molecular weight is 481 g/mol. The second kappa shape index (κ2) is 11.4. The minimum Gasteiger partial charge on any atom is -0.466 e. The number of hydrogen-bond acceptors (Lipinski definition) is 7. The van der Waals surface area contributed by atoms with Gasteiger partial charge in [0.25, 0.3) is 5.69 Å². The number of nitrogens with zero attached hydrogens (tertiary/aromatic N) is 1. The van der Waals surface area contributed by atoms with Crippen molar-refractivity contribution in [3.8, 4) is 0 Å². The fourth-order valence-corrected chi connectivity index (χ4v) is 4.22. The summed E-state index contributed by atoms with van der Waals surface area (Å²) >= 11 is 0. The number of dihydropyridines is 1. The van der Waals surface area contributed by atoms with Gasteiger partial charge in [-0.3, -0.25) is 10.1 Å². The Kier molecular flexibility index (Phi) is 8.38. The first-order valence-corrected chi connectivity index (χ1v) is 11.3. The fourth-order valence-electron chi connectivity index (χ4n) is 4.22. The number of quaternary nitrogens is 1. The van der Waals surface area contributed by atoms with Crippen LogP contribution in [0, 0.1) is 10.1 Å². The predicted octanol–water partition coefficient (Wildman–Crippen LogP) is 2.26. The number of benzene rings is 2. The highest BCUT2D eigenvalue weighted by atomic mass is 16.6. The summed E-state index contributed by atoms with van der Waals surface area (Å²) in [4.78, 5) is 38.0. The van der Waals surface area contributed by atoms with Gasteiger partial charge in [-0.2, -0.15) is 0 Å². The summed E-state index contributed by atoms with van der Waals surface area (Å²) in [6, 6.07) is 15.9. The number of rotatable bonds is 9. The number of ether oxygens (including phenoxy) is 2. The van der Waals surface area contributed by atoms with Gasteiger partial charge >= 0.3 is 11.9 Å². The Morgan fingerprint density at radius 2 is 1.69 bits per heavy atom. The zero-order valence-corrected chi connectivity index (χ0v) is 20.3. The van der Waals surface area contributed by atoms with Crippen LogP contribution in [0.2, 0.25) is 0 Å². The van der Waals surface area contributed by atoms with Gasteiger partial charge in [0, 0.05) is 29.1 Å². The molecule has 1 aliphatic heterocycles. The maximum atomic E-state index is 13.3. The molecule has 0 saturated heterocycles. The Labute approximate surface area is 204 Å². The number of nitrogens with one attached hydrogen (secondary N) is 2. The molecule has 2 unspecified atom stereocenters. The fraction of sp³-hybridized carbons (Fsp3) is 0.308. The number of carbonyl (C=O) groups is 2. The first-order chi connectivity index (χ1) is 16.7. The van der Waals surface area contributed by atoms with E-state index in [0.29, 0.717) is 23.5 Å². The third kappa shape index (κ3) is 6.13. The van der Waals surface area contributed by atoms with Crippen molar-refractivity contribution in [2.45, 2.75) is 26.3 Å². The molecule has 0 bridgehead atoms. The summed E-state index contributed by atoms with van der Waals surface area (Å²) in [5.74, 6) is -2.09. The molecule has 2 atom stereocenters. The molecule has 0 spiro atoms. The van der Waals surface area contributed by atoms with Crippen LogP contribution >= 0.6 is 0 Å². The van der Waals surface area contributed by atoms with Crippen LogP contribution in [-0.4, -0.2) is 44.2 Å². The first kappa shape index (κ1) is 25.6. The van der Waals surface area contributed by atoms with E-state index in [0.717, 1.165) is 11.4 Å². The van der Waals surface area contributed by atoms with Crippen LogP contribution in [0.25, 0.3) is 0 Å². The maximum absolute atomic E-state index is 13.3. The molecule has 0 aromatic heterocycles. The summed E-state index contributed by atoms with van der Waals surface area (Å²) in [6.07, 6.45) is 0. The summed E-state index contributed by atoms with van der Waals surface area (Å²) in [5.41, 5.74) is 2.92. The molecule has 0 amide bonds. The molecule has 0 fully saturated rings. The molecule has 9 heteroatoms. The van der Waals surface area contributed by atoms with Gasteiger partial charge in [-0.1, -0.05) is 42.5 Å². The number of carbonyl (C=O) groups excluding carboxylic acids is 2. The standard InChI is InChI=1S/C26H29N3O6/c1-17-22(25(30)34-4)24(20-11-8-12-21(15-20)29(32)33)23(18(2)27-17)26(31)35-14-13-28(3)16-19-9-6-5-7-10-19/h5-12,15,24,27H,13-14,16H2,1-4H3/p+1. The molecule has 2 N–H and O–H groups in total. The van der Waals surface area contributed by atoms with Crippen molar-refractivity contribution in [1.29, 1.82) is 0 Å². The number of nitro benzene ring substituents is 1. The van der Waals surface area contributed by atoms with Crippen molar-refractivity contribution in [1.82, 2.24) is 5.32 Å². The van der Waals surface area contributed by atoms with Crippen LogP contribution < -0.4 is 10.2 Å². The lowest BCUT2D eigenvalue weighted by Gasteiger charge is -2.30. The zero-order chi connectivity index (χ0) is 25.5. The molecular formula is C26H30N3O6+. The molecule has 9 nitrogen and oxygen atoms in total. The molecular weight excluding hydrogens is 450 g/mol.